The number of phenolic OH excluding ortho intramolecular Hbond substituents is 1. The summed E-state index contributed by atoms with van der Waals surface area (Å²) in [5.74, 6) is -0.932. The summed E-state index contributed by atoms with van der Waals surface area (Å²) >= 11 is 0. The molecule has 1 saturated heterocycles. The van der Waals surface area contributed by atoms with Crippen molar-refractivity contribution in [3.05, 3.63) is 101 Å². The quantitative estimate of drug-likeness (QED) is 0.376. The van der Waals surface area contributed by atoms with Crippen LogP contribution in [-0.2, 0) is 12.7 Å². The normalized spacial score (nSPS) is 18.4. The smallest absolute Gasteiger partial charge is 0.416 e. The topological polar surface area (TPSA) is 43.8 Å². The van der Waals surface area contributed by atoms with E-state index in [4.69, 9.17) is 0 Å². The fourth-order valence-electron chi connectivity index (χ4n) is 5.02. The van der Waals surface area contributed by atoms with Gasteiger partial charge in [0.25, 0.3) is 5.91 Å². The number of benzene rings is 3. The predicted octanol–water partition coefficient (Wildman–Crippen LogP) is 6.32. The van der Waals surface area contributed by atoms with Crippen LogP contribution in [0.3, 0.4) is 0 Å². The first-order chi connectivity index (χ1) is 17.5. The Morgan fingerprint density at radius 1 is 1.03 bits per heavy atom. The Balaban J connectivity index is 1.63. The van der Waals surface area contributed by atoms with Gasteiger partial charge in [0, 0.05) is 49.3 Å². The molecule has 0 spiro atoms. The SMILES string of the molecule is CC(C)N(C[C@@H]1CN(Cc2ccccc2O)C[C@@H]1c1cccc(C(F)(F)F)c1)C(=O)c1ccc(F)cc1. The lowest BCUT2D eigenvalue weighted by Gasteiger charge is -2.32. The van der Waals surface area contributed by atoms with Crippen LogP contribution >= 0.6 is 0 Å². The average molecular weight is 515 g/mol. The first-order valence-electron chi connectivity index (χ1n) is 12.3. The number of amides is 1. The Hall–Kier alpha value is -3.39. The number of phenols is 1. The second-order valence-corrected chi connectivity index (χ2v) is 9.87. The second kappa shape index (κ2) is 10.9. The number of halogens is 4. The van der Waals surface area contributed by atoms with Gasteiger partial charge in [-0.3, -0.25) is 9.69 Å². The molecule has 1 aliphatic heterocycles. The van der Waals surface area contributed by atoms with E-state index < -0.39 is 17.6 Å². The maximum Gasteiger partial charge on any atom is 0.416 e. The van der Waals surface area contributed by atoms with Gasteiger partial charge in [0.2, 0.25) is 0 Å². The highest BCUT2D eigenvalue weighted by molar-refractivity contribution is 5.94. The maximum absolute atomic E-state index is 13.5. The molecule has 1 aliphatic rings. The van der Waals surface area contributed by atoms with Crippen molar-refractivity contribution in [1.82, 2.24) is 9.80 Å². The van der Waals surface area contributed by atoms with Crippen LogP contribution in [0.15, 0.2) is 72.8 Å². The van der Waals surface area contributed by atoms with E-state index in [1.807, 2.05) is 26.0 Å². The van der Waals surface area contributed by atoms with Crippen LogP contribution in [0.5, 0.6) is 5.75 Å². The number of rotatable bonds is 7. The van der Waals surface area contributed by atoms with Gasteiger partial charge in [-0.05, 0) is 61.7 Å². The van der Waals surface area contributed by atoms with Crippen molar-refractivity contribution in [1.29, 1.82) is 0 Å². The summed E-state index contributed by atoms with van der Waals surface area (Å²) in [5, 5.41) is 10.3. The predicted molar refractivity (Wildman–Crippen MR) is 134 cm³/mol. The zero-order valence-corrected chi connectivity index (χ0v) is 20.8. The lowest BCUT2D eigenvalue weighted by atomic mass is 9.87. The fourth-order valence-corrected chi connectivity index (χ4v) is 5.02. The van der Waals surface area contributed by atoms with E-state index in [2.05, 4.69) is 4.90 Å². The van der Waals surface area contributed by atoms with Crippen molar-refractivity contribution in [3.8, 4) is 5.75 Å². The Kier molecular flexibility index (Phi) is 7.87. The van der Waals surface area contributed by atoms with Crippen LogP contribution in [0.2, 0.25) is 0 Å². The monoisotopic (exact) mass is 514 g/mol. The summed E-state index contributed by atoms with van der Waals surface area (Å²) in [6, 6.07) is 17.6. The van der Waals surface area contributed by atoms with Gasteiger partial charge in [-0.15, -0.1) is 0 Å². The molecule has 1 fully saturated rings. The Bertz CT molecular complexity index is 1230. The van der Waals surface area contributed by atoms with Crippen molar-refractivity contribution in [2.24, 2.45) is 5.92 Å². The number of likely N-dealkylation sites (tertiary alicyclic amines) is 1. The molecule has 37 heavy (non-hydrogen) atoms. The number of hydrogen-bond acceptors (Lipinski definition) is 3. The third-order valence-electron chi connectivity index (χ3n) is 6.95. The van der Waals surface area contributed by atoms with E-state index in [1.54, 1.807) is 23.1 Å². The summed E-state index contributed by atoms with van der Waals surface area (Å²) in [6.07, 6.45) is -4.46. The van der Waals surface area contributed by atoms with E-state index in [0.29, 0.717) is 37.3 Å². The zero-order valence-electron chi connectivity index (χ0n) is 20.8. The van der Waals surface area contributed by atoms with Crippen LogP contribution in [-0.4, -0.2) is 46.5 Å². The van der Waals surface area contributed by atoms with Crippen LogP contribution in [0.4, 0.5) is 17.6 Å². The molecule has 0 aliphatic carbocycles. The summed E-state index contributed by atoms with van der Waals surface area (Å²) in [4.78, 5) is 17.1. The third-order valence-corrected chi connectivity index (χ3v) is 6.95. The zero-order chi connectivity index (χ0) is 26.7. The Labute approximate surface area is 214 Å². The Morgan fingerprint density at radius 3 is 2.38 bits per heavy atom. The van der Waals surface area contributed by atoms with Crippen LogP contribution < -0.4 is 0 Å². The van der Waals surface area contributed by atoms with Gasteiger partial charge >= 0.3 is 6.18 Å². The molecule has 0 radical (unpaired) electrons. The van der Waals surface area contributed by atoms with Gasteiger partial charge in [0.15, 0.2) is 0 Å². The third kappa shape index (κ3) is 6.31. The van der Waals surface area contributed by atoms with E-state index in [1.165, 1.54) is 36.4 Å². The van der Waals surface area contributed by atoms with Crippen LogP contribution in [0.1, 0.15) is 46.8 Å². The van der Waals surface area contributed by atoms with Crippen molar-refractivity contribution >= 4 is 5.91 Å². The fraction of sp³-hybridized carbons (Fsp3) is 0.345. The minimum Gasteiger partial charge on any atom is -0.508 e. The highest BCUT2D eigenvalue weighted by Gasteiger charge is 2.38. The molecule has 1 N–H and O–H groups in total. The van der Waals surface area contributed by atoms with Gasteiger partial charge in [0.05, 0.1) is 5.56 Å². The molecule has 0 aromatic heterocycles. The van der Waals surface area contributed by atoms with Crippen molar-refractivity contribution < 1.29 is 27.5 Å². The summed E-state index contributed by atoms with van der Waals surface area (Å²) in [5.41, 5.74) is 0.951. The number of para-hydroxylation sites is 1. The molecule has 3 aromatic rings. The highest BCUT2D eigenvalue weighted by Crippen LogP contribution is 2.38. The van der Waals surface area contributed by atoms with E-state index in [9.17, 15) is 27.5 Å². The number of hydrogen-bond donors (Lipinski definition) is 1. The molecule has 0 saturated carbocycles. The number of alkyl halides is 3. The molecule has 3 aromatic carbocycles. The van der Waals surface area contributed by atoms with E-state index in [-0.39, 0.29) is 29.5 Å². The molecule has 1 heterocycles. The first-order valence-corrected chi connectivity index (χ1v) is 12.3. The summed E-state index contributed by atoms with van der Waals surface area (Å²) < 4.78 is 53.9. The molecule has 2 atom stereocenters. The maximum atomic E-state index is 13.5. The summed E-state index contributed by atoms with van der Waals surface area (Å²) in [6.45, 7) is 5.55. The lowest BCUT2D eigenvalue weighted by Crippen LogP contribution is -2.42. The molecular formula is C29H30F4N2O2. The van der Waals surface area contributed by atoms with Crippen LogP contribution in [0, 0.1) is 11.7 Å². The number of carbonyl (C=O) groups is 1. The first kappa shape index (κ1) is 26.7. The van der Waals surface area contributed by atoms with Gasteiger partial charge in [-0.2, -0.15) is 13.2 Å². The Morgan fingerprint density at radius 2 is 1.73 bits per heavy atom. The standard InChI is InChI=1S/C29H30F4N2O2/c1-19(2)35(28(37)20-10-12-25(30)13-11-20)17-23-16-34(15-22-6-3-4-9-27(22)36)18-26(23)21-7-5-8-24(14-21)29(31,32)33/h3-14,19,23,26,36H,15-18H2,1-2H3/t23-,26+/m0/s1. The highest BCUT2D eigenvalue weighted by atomic mass is 19.4. The number of nitrogens with zero attached hydrogens (tertiary/aromatic N) is 2. The van der Waals surface area contributed by atoms with Crippen molar-refractivity contribution in [2.75, 3.05) is 19.6 Å². The molecule has 4 nitrogen and oxygen atoms in total. The average Bonchev–Trinajstić information content (AvgIpc) is 3.26. The number of carbonyl (C=O) groups excluding carboxylic acids is 1. The lowest BCUT2D eigenvalue weighted by molar-refractivity contribution is -0.137. The summed E-state index contributed by atoms with van der Waals surface area (Å²) in [7, 11) is 0. The molecule has 4 rings (SSSR count). The largest absolute Gasteiger partial charge is 0.508 e. The van der Waals surface area contributed by atoms with Gasteiger partial charge < -0.3 is 10.0 Å². The molecule has 0 unspecified atom stereocenters. The number of aromatic hydroxyl groups is 1. The van der Waals surface area contributed by atoms with Crippen molar-refractivity contribution in [3.63, 3.8) is 0 Å². The van der Waals surface area contributed by atoms with Gasteiger partial charge in [0.1, 0.15) is 11.6 Å². The van der Waals surface area contributed by atoms with Crippen molar-refractivity contribution in [2.45, 2.75) is 38.5 Å². The van der Waals surface area contributed by atoms with Gasteiger partial charge in [-0.1, -0.05) is 36.4 Å². The molecule has 196 valence electrons. The molecule has 1 amide bonds. The minimum absolute atomic E-state index is 0.152. The molecule has 8 heteroatoms. The van der Waals surface area contributed by atoms with Crippen LogP contribution in [0.25, 0.3) is 0 Å². The second-order valence-electron chi connectivity index (χ2n) is 9.87. The molecular weight excluding hydrogens is 484 g/mol. The minimum atomic E-state index is -4.46. The van der Waals surface area contributed by atoms with Gasteiger partial charge in [-0.25, -0.2) is 4.39 Å². The van der Waals surface area contributed by atoms with E-state index >= 15 is 0 Å². The molecule has 0 bridgehead atoms. The van der Waals surface area contributed by atoms with E-state index in [0.717, 1.165) is 11.6 Å².